The third kappa shape index (κ3) is 3.88. The molecular formula is C25H36O5S2. The lowest BCUT2D eigenvalue weighted by molar-refractivity contribution is -0.145. The molecule has 4 rings (SSSR count). The maximum atomic E-state index is 10.2. The number of thioether (sulfide) groups is 2. The van der Waals surface area contributed by atoms with Gasteiger partial charge in [0, 0.05) is 28.6 Å². The number of methoxy groups -OCH3 is 2. The topological polar surface area (TPSA) is 57.2 Å². The van der Waals surface area contributed by atoms with Crippen molar-refractivity contribution in [1.82, 2.24) is 0 Å². The molecule has 1 aromatic carbocycles. The van der Waals surface area contributed by atoms with Gasteiger partial charge in [-0.05, 0) is 50.8 Å². The number of hydrogen-bond donors (Lipinski definition) is 1. The normalized spacial score (nSPS) is 28.4. The molecule has 178 valence electrons. The first-order chi connectivity index (χ1) is 15.1. The summed E-state index contributed by atoms with van der Waals surface area (Å²) in [6.45, 7) is 10.8. The Kier molecular flexibility index (Phi) is 6.62. The van der Waals surface area contributed by atoms with E-state index in [0.29, 0.717) is 11.5 Å². The van der Waals surface area contributed by atoms with E-state index in [2.05, 4.69) is 44.3 Å². The largest absolute Gasteiger partial charge is 0.497 e. The van der Waals surface area contributed by atoms with E-state index in [0.717, 1.165) is 17.5 Å². The van der Waals surface area contributed by atoms with Crippen molar-refractivity contribution in [3.05, 3.63) is 34.4 Å². The molecule has 2 heterocycles. The molecule has 3 aliphatic rings. The minimum absolute atomic E-state index is 0.0626. The third-order valence-corrected chi connectivity index (χ3v) is 11.3. The lowest BCUT2D eigenvalue weighted by Crippen LogP contribution is -2.46. The molecule has 5 nitrogen and oxygen atoms in total. The molecule has 0 amide bonds. The molecule has 0 bridgehead atoms. The van der Waals surface area contributed by atoms with Crippen LogP contribution in [0.25, 0.3) is 0 Å². The van der Waals surface area contributed by atoms with Crippen LogP contribution in [0.2, 0.25) is 0 Å². The molecule has 7 heteroatoms. The summed E-state index contributed by atoms with van der Waals surface area (Å²) >= 11 is 4.21. The highest BCUT2D eigenvalue weighted by Crippen LogP contribution is 2.65. The maximum Gasteiger partial charge on any atom is 0.164 e. The van der Waals surface area contributed by atoms with Crippen LogP contribution in [0.4, 0.5) is 0 Å². The first-order valence-electron chi connectivity index (χ1n) is 11.3. The van der Waals surface area contributed by atoms with Crippen LogP contribution in [0.15, 0.2) is 23.3 Å². The van der Waals surface area contributed by atoms with E-state index >= 15 is 0 Å². The first-order valence-corrected chi connectivity index (χ1v) is 13.3. The fraction of sp³-hybridized carbons (Fsp3) is 0.680. The predicted molar refractivity (Wildman–Crippen MR) is 132 cm³/mol. The van der Waals surface area contributed by atoms with Crippen LogP contribution in [0.5, 0.6) is 11.5 Å². The number of aliphatic hydroxyl groups is 1. The van der Waals surface area contributed by atoms with Crippen molar-refractivity contribution in [2.24, 2.45) is 5.41 Å². The van der Waals surface area contributed by atoms with E-state index in [1.165, 1.54) is 29.1 Å². The zero-order valence-corrected chi connectivity index (χ0v) is 21.9. The monoisotopic (exact) mass is 480 g/mol. The molecule has 2 atom stereocenters. The quantitative estimate of drug-likeness (QED) is 0.542. The standard InChI is InChI=1S/C25H36O5S2/c1-15-8-9-25(31-10-11-32-25)23(2,3)20(15)22-21(29-24(4,5)30-22)19-16(14-26)12-17(27-6)13-18(19)28-7/h12-13,21-22,26H,8-11,14H2,1-7H3/t21-,22-/m1/s1. The van der Waals surface area contributed by atoms with Gasteiger partial charge in [0.1, 0.15) is 23.7 Å². The Morgan fingerprint density at radius 2 is 1.69 bits per heavy atom. The number of hydrogen-bond acceptors (Lipinski definition) is 7. The van der Waals surface area contributed by atoms with Gasteiger partial charge in [-0.2, -0.15) is 0 Å². The fourth-order valence-electron chi connectivity index (χ4n) is 5.68. The van der Waals surface area contributed by atoms with Gasteiger partial charge in [-0.25, -0.2) is 0 Å². The Balaban J connectivity index is 1.86. The van der Waals surface area contributed by atoms with Crippen molar-refractivity contribution in [2.75, 3.05) is 25.7 Å². The Hall–Kier alpha value is -0.860. The van der Waals surface area contributed by atoms with Crippen molar-refractivity contribution in [1.29, 1.82) is 0 Å². The summed E-state index contributed by atoms with van der Waals surface area (Å²) < 4.78 is 24.6. The highest BCUT2D eigenvalue weighted by molar-refractivity contribution is 8.21. The number of benzene rings is 1. The average molecular weight is 481 g/mol. The van der Waals surface area contributed by atoms with Gasteiger partial charge in [-0.3, -0.25) is 0 Å². The molecule has 2 aliphatic heterocycles. The van der Waals surface area contributed by atoms with Gasteiger partial charge < -0.3 is 24.1 Å². The second-order valence-electron chi connectivity index (χ2n) is 9.81. The smallest absolute Gasteiger partial charge is 0.164 e. The maximum absolute atomic E-state index is 10.2. The summed E-state index contributed by atoms with van der Waals surface area (Å²) in [6.07, 6.45) is 1.61. The Bertz CT molecular complexity index is 877. The molecule has 2 saturated heterocycles. The molecule has 1 aliphatic carbocycles. The zero-order valence-electron chi connectivity index (χ0n) is 20.2. The Labute approximate surface area is 200 Å². The summed E-state index contributed by atoms with van der Waals surface area (Å²) in [5, 5.41) is 10.2. The van der Waals surface area contributed by atoms with E-state index in [1.807, 2.05) is 26.0 Å². The van der Waals surface area contributed by atoms with Crippen LogP contribution in [0, 0.1) is 5.41 Å². The van der Waals surface area contributed by atoms with Gasteiger partial charge in [0.05, 0.1) is 24.9 Å². The van der Waals surface area contributed by atoms with Crippen molar-refractivity contribution in [2.45, 2.75) is 76.1 Å². The minimum Gasteiger partial charge on any atom is -0.497 e. The van der Waals surface area contributed by atoms with Crippen molar-refractivity contribution in [3.8, 4) is 11.5 Å². The van der Waals surface area contributed by atoms with Gasteiger partial charge in [0.2, 0.25) is 0 Å². The summed E-state index contributed by atoms with van der Waals surface area (Å²) in [4.78, 5) is 0. The molecule has 0 aromatic heterocycles. The van der Waals surface area contributed by atoms with Crippen LogP contribution in [-0.2, 0) is 16.1 Å². The Morgan fingerprint density at radius 3 is 2.28 bits per heavy atom. The summed E-state index contributed by atoms with van der Waals surface area (Å²) in [5.74, 6) is 2.93. The molecule has 0 unspecified atom stereocenters. The van der Waals surface area contributed by atoms with Gasteiger partial charge in [-0.15, -0.1) is 23.5 Å². The highest BCUT2D eigenvalue weighted by Gasteiger charge is 2.58. The van der Waals surface area contributed by atoms with Crippen LogP contribution in [0.3, 0.4) is 0 Å². The van der Waals surface area contributed by atoms with Crippen molar-refractivity contribution >= 4 is 23.5 Å². The van der Waals surface area contributed by atoms with Crippen LogP contribution >= 0.6 is 23.5 Å². The van der Waals surface area contributed by atoms with Gasteiger partial charge in [0.25, 0.3) is 0 Å². The molecule has 0 saturated carbocycles. The number of ether oxygens (including phenoxy) is 4. The summed E-state index contributed by atoms with van der Waals surface area (Å²) in [6, 6.07) is 3.72. The van der Waals surface area contributed by atoms with Gasteiger partial charge in [0.15, 0.2) is 5.79 Å². The van der Waals surface area contributed by atoms with Gasteiger partial charge in [-0.1, -0.05) is 19.4 Å². The van der Waals surface area contributed by atoms with Crippen molar-refractivity contribution < 1.29 is 24.1 Å². The molecule has 32 heavy (non-hydrogen) atoms. The molecule has 1 aromatic rings. The summed E-state index contributed by atoms with van der Waals surface area (Å²) in [7, 11) is 3.26. The van der Waals surface area contributed by atoms with E-state index in [1.54, 1.807) is 14.2 Å². The molecule has 2 fully saturated rings. The lowest BCUT2D eigenvalue weighted by atomic mass is 9.68. The number of rotatable bonds is 5. The van der Waals surface area contributed by atoms with E-state index in [9.17, 15) is 5.11 Å². The molecule has 1 spiro atoms. The first kappa shape index (κ1) is 24.3. The molecule has 0 radical (unpaired) electrons. The zero-order chi connectivity index (χ0) is 23.3. The number of aliphatic hydroxyl groups excluding tert-OH is 1. The second-order valence-corrected chi connectivity index (χ2v) is 12.9. The highest BCUT2D eigenvalue weighted by atomic mass is 32.2. The van der Waals surface area contributed by atoms with Gasteiger partial charge >= 0.3 is 0 Å². The molecular weight excluding hydrogens is 444 g/mol. The predicted octanol–water partition coefficient (Wildman–Crippen LogP) is 5.70. The average Bonchev–Trinajstić information content (AvgIpc) is 3.35. The van der Waals surface area contributed by atoms with Crippen LogP contribution in [0.1, 0.15) is 64.7 Å². The summed E-state index contributed by atoms with van der Waals surface area (Å²) in [5.41, 5.74) is 4.25. The number of allylic oxidation sites excluding steroid dienone is 1. The minimum atomic E-state index is -0.753. The van der Waals surface area contributed by atoms with Crippen molar-refractivity contribution in [3.63, 3.8) is 0 Å². The SMILES string of the molecule is COc1cc(CO)c([C@H]2OC(C)(C)O[C@@H]2C2=C(C)CCC3(SCCS3)C2(C)C)c(OC)c1. The third-order valence-electron chi connectivity index (χ3n) is 7.16. The van der Waals surface area contributed by atoms with E-state index < -0.39 is 5.79 Å². The van der Waals surface area contributed by atoms with E-state index in [-0.39, 0.29) is 28.3 Å². The lowest BCUT2D eigenvalue weighted by Gasteiger charge is -2.50. The van der Waals surface area contributed by atoms with E-state index in [4.69, 9.17) is 18.9 Å². The molecule has 1 N–H and O–H groups in total. The van der Waals surface area contributed by atoms with Crippen LogP contribution < -0.4 is 9.47 Å². The fourth-order valence-corrected chi connectivity index (χ4v) is 9.27. The second kappa shape index (κ2) is 8.73. The Morgan fingerprint density at radius 1 is 1.03 bits per heavy atom. The van der Waals surface area contributed by atoms with Crippen LogP contribution in [-0.4, -0.2) is 46.8 Å².